The van der Waals surface area contributed by atoms with Crippen molar-refractivity contribution >= 4 is 16.8 Å². The van der Waals surface area contributed by atoms with Crippen LogP contribution in [-0.4, -0.2) is 31.3 Å². The number of nitrogens with zero attached hydrogens (tertiary/aromatic N) is 1. The van der Waals surface area contributed by atoms with Crippen LogP contribution < -0.4 is 15.6 Å². The molecule has 1 aromatic heterocycles. The molecule has 1 aromatic carbocycles. The van der Waals surface area contributed by atoms with Crippen LogP contribution in [0, 0.1) is 5.41 Å². The molecular formula is C17H25N3O3. The third-order valence-corrected chi connectivity index (χ3v) is 3.64. The molecule has 0 unspecified atom stereocenters. The van der Waals surface area contributed by atoms with E-state index in [-0.39, 0.29) is 11.3 Å². The summed E-state index contributed by atoms with van der Waals surface area (Å²) in [5.41, 5.74) is 4.54. The molecule has 0 atom stereocenters. The first-order valence-electron chi connectivity index (χ1n) is 7.62. The molecule has 0 saturated heterocycles. The normalized spacial score (nSPS) is 11.5. The fraction of sp³-hybridized carbons (Fsp3) is 0.471. The van der Waals surface area contributed by atoms with Crippen LogP contribution in [0.4, 0.5) is 0 Å². The van der Waals surface area contributed by atoms with Crippen LogP contribution in [-0.2, 0) is 16.1 Å². The van der Waals surface area contributed by atoms with Crippen molar-refractivity contribution in [3.8, 4) is 5.75 Å². The van der Waals surface area contributed by atoms with Crippen LogP contribution in [0.2, 0.25) is 0 Å². The third-order valence-electron chi connectivity index (χ3n) is 3.64. The summed E-state index contributed by atoms with van der Waals surface area (Å²) in [4.78, 5) is 17.0. The van der Waals surface area contributed by atoms with E-state index in [9.17, 15) is 4.79 Å². The largest absolute Gasteiger partial charge is 0.497 e. The van der Waals surface area contributed by atoms with Crippen molar-refractivity contribution in [2.75, 3.05) is 26.4 Å². The molecule has 2 aromatic rings. The van der Waals surface area contributed by atoms with Gasteiger partial charge in [0, 0.05) is 23.5 Å². The Morgan fingerprint density at radius 1 is 1.26 bits per heavy atom. The van der Waals surface area contributed by atoms with E-state index in [2.05, 4.69) is 10.9 Å². The van der Waals surface area contributed by atoms with E-state index in [0.29, 0.717) is 6.54 Å². The molecule has 0 radical (unpaired) electrons. The number of hydrogen-bond acceptors (Lipinski definition) is 4. The van der Waals surface area contributed by atoms with Gasteiger partial charge in [0.05, 0.1) is 19.7 Å². The van der Waals surface area contributed by atoms with Gasteiger partial charge in [-0.15, -0.1) is 0 Å². The molecule has 6 heteroatoms. The Kier molecular flexibility index (Phi) is 5.15. The Hall–Kier alpha value is -2.21. The van der Waals surface area contributed by atoms with Gasteiger partial charge in [0.25, 0.3) is 0 Å². The Bertz CT molecular complexity index is 686. The van der Waals surface area contributed by atoms with Gasteiger partial charge in [-0.05, 0) is 30.2 Å². The van der Waals surface area contributed by atoms with Gasteiger partial charge < -0.3 is 10.1 Å². The minimum Gasteiger partial charge on any atom is -0.497 e. The summed E-state index contributed by atoms with van der Waals surface area (Å²) in [6.45, 7) is 6.30. The first-order valence-corrected chi connectivity index (χ1v) is 7.62. The molecule has 1 amide bonds. The SMILES string of the molecule is CONn1cc(CCNC(=O)C(C)(C)C)c2cc(OC)ccc21. The highest BCUT2D eigenvalue weighted by Crippen LogP contribution is 2.25. The van der Waals surface area contributed by atoms with Crippen molar-refractivity contribution in [1.82, 2.24) is 9.99 Å². The molecule has 0 spiro atoms. The topological polar surface area (TPSA) is 64.5 Å². The van der Waals surface area contributed by atoms with E-state index in [4.69, 9.17) is 9.57 Å². The predicted octanol–water partition coefficient (Wildman–Crippen LogP) is 2.46. The van der Waals surface area contributed by atoms with Gasteiger partial charge in [0.2, 0.25) is 5.91 Å². The lowest BCUT2D eigenvalue weighted by Crippen LogP contribution is -2.35. The van der Waals surface area contributed by atoms with Crippen LogP contribution in [0.15, 0.2) is 24.4 Å². The first-order chi connectivity index (χ1) is 10.9. The number of ether oxygens (including phenoxy) is 1. The van der Waals surface area contributed by atoms with E-state index in [1.165, 1.54) is 0 Å². The molecule has 0 saturated carbocycles. The molecule has 2 rings (SSSR count). The molecule has 23 heavy (non-hydrogen) atoms. The monoisotopic (exact) mass is 319 g/mol. The molecule has 0 aliphatic heterocycles. The van der Waals surface area contributed by atoms with E-state index in [1.54, 1.807) is 14.2 Å². The maximum atomic E-state index is 12.0. The van der Waals surface area contributed by atoms with Gasteiger partial charge in [-0.25, -0.2) is 10.3 Å². The van der Waals surface area contributed by atoms with E-state index in [1.807, 2.05) is 49.8 Å². The van der Waals surface area contributed by atoms with Gasteiger partial charge in [-0.1, -0.05) is 20.8 Å². The van der Waals surface area contributed by atoms with Crippen molar-refractivity contribution in [3.05, 3.63) is 30.0 Å². The molecule has 0 fully saturated rings. The zero-order valence-electron chi connectivity index (χ0n) is 14.4. The van der Waals surface area contributed by atoms with Gasteiger partial charge >= 0.3 is 0 Å². The minimum atomic E-state index is -0.380. The van der Waals surface area contributed by atoms with Gasteiger partial charge in [0.15, 0.2) is 0 Å². The number of amides is 1. The smallest absolute Gasteiger partial charge is 0.225 e. The number of fused-ring (bicyclic) bond motifs is 1. The number of carbonyl (C=O) groups is 1. The lowest BCUT2D eigenvalue weighted by Gasteiger charge is -2.17. The number of carbonyl (C=O) groups excluding carboxylic acids is 1. The quantitative estimate of drug-likeness (QED) is 0.803. The predicted molar refractivity (Wildman–Crippen MR) is 91.0 cm³/mol. The third kappa shape index (κ3) is 3.96. The van der Waals surface area contributed by atoms with Crippen LogP contribution in [0.25, 0.3) is 10.9 Å². The average molecular weight is 319 g/mol. The lowest BCUT2D eigenvalue weighted by atomic mass is 9.95. The van der Waals surface area contributed by atoms with Crippen molar-refractivity contribution in [2.24, 2.45) is 5.41 Å². The summed E-state index contributed by atoms with van der Waals surface area (Å²) >= 11 is 0. The number of benzene rings is 1. The Balaban J connectivity index is 2.20. The first kappa shape index (κ1) is 17.1. The zero-order valence-corrected chi connectivity index (χ0v) is 14.4. The molecule has 2 N–H and O–H groups in total. The van der Waals surface area contributed by atoms with Crippen molar-refractivity contribution in [2.45, 2.75) is 27.2 Å². The molecule has 0 aliphatic carbocycles. The molecular weight excluding hydrogens is 294 g/mol. The van der Waals surface area contributed by atoms with Gasteiger partial charge in [-0.2, -0.15) is 0 Å². The second kappa shape index (κ2) is 6.91. The standard InChI is InChI=1S/C17H25N3O3/c1-17(2,3)16(21)18-9-8-12-11-20(19-23-5)15-7-6-13(22-4)10-14(12)15/h6-7,10-11,19H,8-9H2,1-5H3,(H,18,21). The average Bonchev–Trinajstić information content (AvgIpc) is 2.84. The van der Waals surface area contributed by atoms with E-state index >= 15 is 0 Å². The van der Waals surface area contributed by atoms with Crippen molar-refractivity contribution in [3.63, 3.8) is 0 Å². The highest BCUT2D eigenvalue weighted by molar-refractivity contribution is 5.86. The van der Waals surface area contributed by atoms with Crippen LogP contribution >= 0.6 is 0 Å². The highest BCUT2D eigenvalue weighted by Gasteiger charge is 2.20. The highest BCUT2D eigenvalue weighted by atomic mass is 16.7. The second-order valence-electron chi connectivity index (χ2n) is 6.46. The number of rotatable bonds is 6. The maximum absolute atomic E-state index is 12.0. The van der Waals surface area contributed by atoms with E-state index < -0.39 is 0 Å². The lowest BCUT2D eigenvalue weighted by molar-refractivity contribution is -0.128. The zero-order chi connectivity index (χ0) is 17.0. The Morgan fingerprint density at radius 2 is 2.00 bits per heavy atom. The second-order valence-corrected chi connectivity index (χ2v) is 6.46. The van der Waals surface area contributed by atoms with Crippen molar-refractivity contribution in [1.29, 1.82) is 0 Å². The molecule has 0 aliphatic rings. The Morgan fingerprint density at radius 3 is 2.61 bits per heavy atom. The summed E-state index contributed by atoms with van der Waals surface area (Å²) < 4.78 is 7.12. The molecule has 0 bridgehead atoms. The van der Waals surface area contributed by atoms with Crippen molar-refractivity contribution < 1.29 is 14.4 Å². The van der Waals surface area contributed by atoms with Gasteiger partial charge in [-0.3, -0.25) is 9.63 Å². The number of methoxy groups -OCH3 is 1. The fourth-order valence-corrected chi connectivity index (χ4v) is 2.35. The number of aromatic nitrogens is 1. The van der Waals surface area contributed by atoms with E-state index in [0.717, 1.165) is 28.6 Å². The number of hydrogen-bond donors (Lipinski definition) is 2. The minimum absolute atomic E-state index is 0.0498. The summed E-state index contributed by atoms with van der Waals surface area (Å²) in [5, 5.41) is 4.04. The van der Waals surface area contributed by atoms with Crippen LogP contribution in [0.5, 0.6) is 5.75 Å². The summed E-state index contributed by atoms with van der Waals surface area (Å²) in [6, 6.07) is 5.86. The number of nitrogens with one attached hydrogen (secondary N) is 2. The van der Waals surface area contributed by atoms with Crippen LogP contribution in [0.3, 0.4) is 0 Å². The molecule has 1 heterocycles. The van der Waals surface area contributed by atoms with Gasteiger partial charge in [0.1, 0.15) is 5.75 Å². The summed E-state index contributed by atoms with van der Waals surface area (Å²) in [7, 11) is 3.22. The maximum Gasteiger partial charge on any atom is 0.225 e. The molecule has 126 valence electrons. The fourth-order valence-electron chi connectivity index (χ4n) is 2.35. The summed E-state index contributed by atoms with van der Waals surface area (Å²) in [5.74, 6) is 0.849. The Labute approximate surface area is 136 Å². The molecule has 6 nitrogen and oxygen atoms in total. The summed E-state index contributed by atoms with van der Waals surface area (Å²) in [6.07, 6.45) is 2.70. The van der Waals surface area contributed by atoms with Crippen LogP contribution in [0.1, 0.15) is 26.3 Å².